The Bertz CT molecular complexity index is 368. The summed E-state index contributed by atoms with van der Waals surface area (Å²) in [4.78, 5) is 6.85. The summed E-state index contributed by atoms with van der Waals surface area (Å²) in [5.41, 5.74) is 2.72. The molecular formula is C16H27N3. The summed E-state index contributed by atoms with van der Waals surface area (Å²) in [5, 5.41) is 3.54. The third-order valence-electron chi connectivity index (χ3n) is 3.70. The zero-order chi connectivity index (χ0) is 13.5. The molecular weight excluding hydrogens is 234 g/mol. The van der Waals surface area contributed by atoms with E-state index in [1.807, 2.05) is 12.4 Å². The van der Waals surface area contributed by atoms with Crippen LogP contribution in [0.5, 0.6) is 0 Å². The van der Waals surface area contributed by atoms with Crippen LogP contribution in [0, 0.1) is 5.92 Å². The fraction of sp³-hybridized carbons (Fsp3) is 0.688. The number of aromatic nitrogens is 1. The quantitative estimate of drug-likeness (QED) is 0.882. The van der Waals surface area contributed by atoms with Gasteiger partial charge in [-0.3, -0.25) is 4.98 Å². The van der Waals surface area contributed by atoms with E-state index < -0.39 is 0 Å². The number of anilines is 1. The van der Waals surface area contributed by atoms with Crippen molar-refractivity contribution in [2.75, 3.05) is 24.5 Å². The third-order valence-corrected chi connectivity index (χ3v) is 3.70. The van der Waals surface area contributed by atoms with Crippen molar-refractivity contribution in [3.8, 4) is 0 Å². The summed E-state index contributed by atoms with van der Waals surface area (Å²) in [6.45, 7) is 8.88. The molecule has 1 N–H and O–H groups in total. The Morgan fingerprint density at radius 1 is 1.21 bits per heavy atom. The van der Waals surface area contributed by atoms with Crippen LogP contribution in [0.4, 0.5) is 5.69 Å². The van der Waals surface area contributed by atoms with E-state index in [4.69, 9.17) is 0 Å². The Labute approximate surface area is 117 Å². The number of pyridine rings is 1. The van der Waals surface area contributed by atoms with Gasteiger partial charge in [-0.05, 0) is 36.9 Å². The molecule has 0 amide bonds. The lowest BCUT2D eigenvalue weighted by Crippen LogP contribution is -2.27. The van der Waals surface area contributed by atoms with Gasteiger partial charge in [-0.1, -0.05) is 26.7 Å². The van der Waals surface area contributed by atoms with Crippen LogP contribution in [0.1, 0.15) is 45.1 Å². The Morgan fingerprint density at radius 2 is 1.95 bits per heavy atom. The molecule has 0 radical (unpaired) electrons. The second-order valence-electron chi connectivity index (χ2n) is 5.93. The highest BCUT2D eigenvalue weighted by molar-refractivity contribution is 5.51. The van der Waals surface area contributed by atoms with Crippen molar-refractivity contribution in [3.63, 3.8) is 0 Å². The molecule has 1 fully saturated rings. The second-order valence-corrected chi connectivity index (χ2v) is 5.93. The second kappa shape index (κ2) is 7.49. The maximum atomic E-state index is 4.32. The van der Waals surface area contributed by atoms with E-state index in [0.29, 0.717) is 5.92 Å². The molecule has 0 aliphatic carbocycles. The average Bonchev–Trinajstić information content (AvgIpc) is 2.68. The van der Waals surface area contributed by atoms with Crippen LogP contribution in [-0.2, 0) is 6.54 Å². The minimum Gasteiger partial charge on any atom is -0.370 e. The van der Waals surface area contributed by atoms with Gasteiger partial charge < -0.3 is 10.2 Å². The zero-order valence-electron chi connectivity index (χ0n) is 12.4. The van der Waals surface area contributed by atoms with Gasteiger partial charge in [0.25, 0.3) is 0 Å². The van der Waals surface area contributed by atoms with Crippen molar-refractivity contribution < 1.29 is 0 Å². The van der Waals surface area contributed by atoms with Gasteiger partial charge in [-0.15, -0.1) is 0 Å². The topological polar surface area (TPSA) is 28.2 Å². The fourth-order valence-electron chi connectivity index (χ4n) is 2.66. The lowest BCUT2D eigenvalue weighted by Gasteiger charge is -2.25. The minimum atomic E-state index is 0.698. The summed E-state index contributed by atoms with van der Waals surface area (Å²) in [7, 11) is 0. The molecule has 19 heavy (non-hydrogen) atoms. The predicted octanol–water partition coefficient (Wildman–Crippen LogP) is 3.21. The standard InChI is InChI=1S/C16H27N3/c1-14(2)11-18-12-15-7-8-17-13-16(15)19-9-5-3-4-6-10-19/h7-8,13-14,18H,3-6,9-12H2,1-2H3. The summed E-state index contributed by atoms with van der Waals surface area (Å²) in [5.74, 6) is 0.698. The highest BCUT2D eigenvalue weighted by Gasteiger charge is 2.13. The number of nitrogens with zero attached hydrogens (tertiary/aromatic N) is 2. The molecule has 0 saturated carbocycles. The maximum absolute atomic E-state index is 4.32. The van der Waals surface area contributed by atoms with E-state index in [1.54, 1.807) is 0 Å². The monoisotopic (exact) mass is 261 g/mol. The van der Waals surface area contributed by atoms with Gasteiger partial charge in [-0.25, -0.2) is 0 Å². The van der Waals surface area contributed by atoms with Gasteiger partial charge >= 0.3 is 0 Å². The van der Waals surface area contributed by atoms with Crippen LogP contribution in [0.3, 0.4) is 0 Å². The van der Waals surface area contributed by atoms with Crippen molar-refractivity contribution in [1.29, 1.82) is 0 Å². The first-order chi connectivity index (χ1) is 9.27. The van der Waals surface area contributed by atoms with Crippen LogP contribution in [0.2, 0.25) is 0 Å². The minimum absolute atomic E-state index is 0.698. The third kappa shape index (κ3) is 4.50. The first kappa shape index (κ1) is 14.3. The Morgan fingerprint density at radius 3 is 2.63 bits per heavy atom. The molecule has 3 nitrogen and oxygen atoms in total. The predicted molar refractivity (Wildman–Crippen MR) is 81.5 cm³/mol. The smallest absolute Gasteiger partial charge is 0.0598 e. The Hall–Kier alpha value is -1.09. The first-order valence-electron chi connectivity index (χ1n) is 7.66. The molecule has 2 rings (SSSR count). The van der Waals surface area contributed by atoms with E-state index in [-0.39, 0.29) is 0 Å². The lowest BCUT2D eigenvalue weighted by molar-refractivity contribution is 0.551. The number of hydrogen-bond acceptors (Lipinski definition) is 3. The molecule has 1 aliphatic heterocycles. The first-order valence-corrected chi connectivity index (χ1v) is 7.66. The molecule has 1 saturated heterocycles. The molecule has 3 heteroatoms. The largest absolute Gasteiger partial charge is 0.370 e. The average molecular weight is 261 g/mol. The summed E-state index contributed by atoms with van der Waals surface area (Å²) < 4.78 is 0. The van der Waals surface area contributed by atoms with E-state index in [1.165, 1.54) is 50.0 Å². The van der Waals surface area contributed by atoms with Gasteiger partial charge in [0.05, 0.1) is 11.9 Å². The van der Waals surface area contributed by atoms with E-state index in [0.717, 1.165) is 13.1 Å². The lowest BCUT2D eigenvalue weighted by atomic mass is 10.1. The zero-order valence-corrected chi connectivity index (χ0v) is 12.4. The highest BCUT2D eigenvalue weighted by atomic mass is 15.1. The molecule has 2 heterocycles. The summed E-state index contributed by atoms with van der Waals surface area (Å²) in [6, 6.07) is 2.16. The van der Waals surface area contributed by atoms with Crippen molar-refractivity contribution >= 4 is 5.69 Å². The van der Waals surface area contributed by atoms with Gasteiger partial charge in [0.2, 0.25) is 0 Å². The molecule has 1 aromatic rings. The normalized spacial score (nSPS) is 16.7. The van der Waals surface area contributed by atoms with Crippen LogP contribution >= 0.6 is 0 Å². The SMILES string of the molecule is CC(C)CNCc1ccncc1N1CCCCCC1. The fourth-order valence-corrected chi connectivity index (χ4v) is 2.66. The Balaban J connectivity index is 2.02. The molecule has 0 aromatic carbocycles. The number of rotatable bonds is 5. The van der Waals surface area contributed by atoms with Crippen LogP contribution in [-0.4, -0.2) is 24.6 Å². The van der Waals surface area contributed by atoms with E-state index in [9.17, 15) is 0 Å². The van der Waals surface area contributed by atoms with Crippen molar-refractivity contribution in [2.24, 2.45) is 5.92 Å². The van der Waals surface area contributed by atoms with E-state index in [2.05, 4.69) is 35.1 Å². The molecule has 0 unspecified atom stereocenters. The number of nitrogens with one attached hydrogen (secondary N) is 1. The highest BCUT2D eigenvalue weighted by Crippen LogP contribution is 2.22. The molecule has 1 aromatic heterocycles. The van der Waals surface area contributed by atoms with Crippen LogP contribution in [0.15, 0.2) is 18.5 Å². The number of hydrogen-bond donors (Lipinski definition) is 1. The summed E-state index contributed by atoms with van der Waals surface area (Å²) in [6.07, 6.45) is 9.32. The van der Waals surface area contributed by atoms with Crippen LogP contribution in [0.25, 0.3) is 0 Å². The molecule has 0 atom stereocenters. The molecule has 0 bridgehead atoms. The van der Waals surface area contributed by atoms with Gasteiger partial charge in [-0.2, -0.15) is 0 Å². The summed E-state index contributed by atoms with van der Waals surface area (Å²) >= 11 is 0. The van der Waals surface area contributed by atoms with Gasteiger partial charge in [0.15, 0.2) is 0 Å². The van der Waals surface area contributed by atoms with E-state index >= 15 is 0 Å². The van der Waals surface area contributed by atoms with Crippen LogP contribution < -0.4 is 10.2 Å². The Kier molecular flexibility index (Phi) is 5.64. The maximum Gasteiger partial charge on any atom is 0.0598 e. The van der Waals surface area contributed by atoms with Crippen molar-refractivity contribution in [1.82, 2.24) is 10.3 Å². The van der Waals surface area contributed by atoms with Gasteiger partial charge in [0.1, 0.15) is 0 Å². The molecule has 106 valence electrons. The molecule has 1 aliphatic rings. The van der Waals surface area contributed by atoms with Gasteiger partial charge in [0, 0.05) is 25.8 Å². The van der Waals surface area contributed by atoms with Crippen molar-refractivity contribution in [3.05, 3.63) is 24.0 Å². The van der Waals surface area contributed by atoms with Crippen molar-refractivity contribution in [2.45, 2.75) is 46.1 Å². The molecule has 0 spiro atoms.